The third kappa shape index (κ3) is 7.62. The first-order valence-electron chi connectivity index (χ1n) is 10.4. The molecular weight excluding hydrogens is 362 g/mol. The van der Waals surface area contributed by atoms with Crippen LogP contribution in [-0.2, 0) is 14.4 Å². The maximum Gasteiger partial charge on any atom is 0.362 e. The number of unbranched alkanes of at least 4 members (excludes halogenated alkanes) is 8. The number of allylic oxidation sites excluding steroid dienone is 1. The average molecular weight is 401 g/mol. The predicted octanol–water partition coefficient (Wildman–Crippen LogP) is 4.27. The molecular formula is C21H38NO6+. The number of rotatable bonds is 16. The first-order chi connectivity index (χ1) is 13.1. The monoisotopic (exact) mass is 400 g/mol. The van der Waals surface area contributed by atoms with Gasteiger partial charge in [0.05, 0.1) is 6.20 Å². The summed E-state index contributed by atoms with van der Waals surface area (Å²) in [6.07, 6.45) is 13.2. The second-order valence-corrected chi connectivity index (χ2v) is 7.59. The van der Waals surface area contributed by atoms with Crippen LogP contribution in [0, 0.1) is 0 Å². The standard InChI is InChI=1S/C21H37NO6/c1-5-6-7-8-9-10-11-12-13-14-15-22(16(2)19(23)24,17(3)20(25)26)18(4)21(27)28/h14-18H,5-13H2,1-4H3,(H2-,23,24,25,26,27,28)/p+1/b15-14+. The van der Waals surface area contributed by atoms with E-state index in [0.29, 0.717) is 6.42 Å². The largest absolute Gasteiger partial charge is 0.477 e. The number of carboxylic acid groups (broad SMARTS) is 3. The molecule has 0 fully saturated rings. The van der Waals surface area contributed by atoms with E-state index in [9.17, 15) is 29.7 Å². The van der Waals surface area contributed by atoms with Crippen molar-refractivity contribution in [3.05, 3.63) is 12.3 Å². The molecule has 0 aromatic heterocycles. The van der Waals surface area contributed by atoms with Crippen molar-refractivity contribution >= 4 is 17.9 Å². The summed E-state index contributed by atoms with van der Waals surface area (Å²) in [5.41, 5.74) is 0. The number of nitrogens with zero attached hydrogens (tertiary/aromatic N) is 1. The van der Waals surface area contributed by atoms with Crippen molar-refractivity contribution in [2.75, 3.05) is 0 Å². The van der Waals surface area contributed by atoms with Crippen molar-refractivity contribution in [3.63, 3.8) is 0 Å². The minimum absolute atomic E-state index is 0.656. The summed E-state index contributed by atoms with van der Waals surface area (Å²) in [5, 5.41) is 28.5. The summed E-state index contributed by atoms with van der Waals surface area (Å²) in [6, 6.07) is -3.61. The van der Waals surface area contributed by atoms with Crippen LogP contribution >= 0.6 is 0 Å². The van der Waals surface area contributed by atoms with Crippen molar-refractivity contribution in [2.45, 2.75) is 104 Å². The third-order valence-corrected chi connectivity index (χ3v) is 5.67. The van der Waals surface area contributed by atoms with E-state index in [1.165, 1.54) is 59.1 Å². The Bertz CT molecular complexity index is 481. The van der Waals surface area contributed by atoms with E-state index in [1.54, 1.807) is 6.08 Å². The summed E-state index contributed by atoms with van der Waals surface area (Å²) >= 11 is 0. The van der Waals surface area contributed by atoms with Gasteiger partial charge in [0.2, 0.25) is 0 Å². The van der Waals surface area contributed by atoms with Gasteiger partial charge in [0.1, 0.15) is 0 Å². The zero-order valence-corrected chi connectivity index (χ0v) is 17.8. The Morgan fingerprint density at radius 3 is 1.43 bits per heavy atom. The van der Waals surface area contributed by atoms with Crippen LogP contribution in [-0.4, -0.2) is 55.8 Å². The highest BCUT2D eigenvalue weighted by Crippen LogP contribution is 2.27. The molecule has 0 rings (SSSR count). The van der Waals surface area contributed by atoms with E-state index in [0.717, 1.165) is 19.3 Å². The van der Waals surface area contributed by atoms with Crippen LogP contribution < -0.4 is 0 Å². The van der Waals surface area contributed by atoms with E-state index in [2.05, 4.69) is 6.92 Å². The first-order valence-corrected chi connectivity index (χ1v) is 10.4. The van der Waals surface area contributed by atoms with Gasteiger partial charge in [0, 0.05) is 0 Å². The molecule has 7 heteroatoms. The number of carbonyl (C=O) groups is 3. The first kappa shape index (κ1) is 26.1. The number of quaternary nitrogens is 1. The van der Waals surface area contributed by atoms with Gasteiger partial charge >= 0.3 is 17.9 Å². The lowest BCUT2D eigenvalue weighted by atomic mass is 10.0. The number of hydrogen-bond donors (Lipinski definition) is 3. The molecule has 0 aromatic rings. The minimum Gasteiger partial charge on any atom is -0.477 e. The molecule has 0 saturated carbocycles. The summed E-state index contributed by atoms with van der Waals surface area (Å²) in [7, 11) is 0. The molecule has 7 nitrogen and oxygen atoms in total. The van der Waals surface area contributed by atoms with Crippen LogP contribution in [0.2, 0.25) is 0 Å². The maximum absolute atomic E-state index is 11.6. The molecule has 0 aliphatic carbocycles. The molecule has 3 atom stereocenters. The van der Waals surface area contributed by atoms with Crippen LogP contribution in [0.1, 0.15) is 85.5 Å². The second kappa shape index (κ2) is 13.3. The van der Waals surface area contributed by atoms with Gasteiger partial charge in [-0.1, -0.05) is 51.9 Å². The molecule has 0 saturated heterocycles. The van der Waals surface area contributed by atoms with Crippen molar-refractivity contribution < 1.29 is 34.2 Å². The van der Waals surface area contributed by atoms with E-state index < -0.39 is 40.5 Å². The Morgan fingerprint density at radius 1 is 0.714 bits per heavy atom. The normalized spacial score (nSPS) is 17.0. The van der Waals surface area contributed by atoms with Gasteiger partial charge in [-0.05, 0) is 39.7 Å². The fraction of sp³-hybridized carbons (Fsp3) is 0.762. The van der Waals surface area contributed by atoms with E-state index in [1.807, 2.05) is 0 Å². The lowest BCUT2D eigenvalue weighted by Crippen LogP contribution is -2.67. The third-order valence-electron chi connectivity index (χ3n) is 5.67. The van der Waals surface area contributed by atoms with Gasteiger partial charge < -0.3 is 15.3 Å². The fourth-order valence-corrected chi connectivity index (χ4v) is 3.62. The zero-order chi connectivity index (χ0) is 21.7. The highest BCUT2D eigenvalue weighted by atomic mass is 16.4. The molecule has 28 heavy (non-hydrogen) atoms. The zero-order valence-electron chi connectivity index (χ0n) is 17.8. The van der Waals surface area contributed by atoms with Crippen molar-refractivity contribution in [3.8, 4) is 0 Å². The topological polar surface area (TPSA) is 112 Å². The molecule has 3 N–H and O–H groups in total. The van der Waals surface area contributed by atoms with E-state index in [-0.39, 0.29) is 0 Å². The minimum atomic E-state index is -1.22. The van der Waals surface area contributed by atoms with Gasteiger partial charge in [-0.15, -0.1) is 0 Å². The quantitative estimate of drug-likeness (QED) is 0.263. The summed E-state index contributed by atoms with van der Waals surface area (Å²) < 4.78 is -0.656. The van der Waals surface area contributed by atoms with Gasteiger partial charge in [0.15, 0.2) is 18.1 Å². The van der Waals surface area contributed by atoms with Gasteiger partial charge in [-0.3, -0.25) is 4.48 Å². The molecule has 0 amide bonds. The molecule has 0 spiro atoms. The second-order valence-electron chi connectivity index (χ2n) is 7.59. The van der Waals surface area contributed by atoms with Crippen molar-refractivity contribution in [1.29, 1.82) is 0 Å². The average Bonchev–Trinajstić information content (AvgIpc) is 2.64. The number of hydrogen-bond acceptors (Lipinski definition) is 3. The highest BCUT2D eigenvalue weighted by Gasteiger charge is 2.51. The van der Waals surface area contributed by atoms with Crippen LogP contribution in [0.4, 0.5) is 0 Å². The Hall–Kier alpha value is -1.89. The lowest BCUT2D eigenvalue weighted by molar-refractivity contribution is -0.922. The molecule has 0 aromatic carbocycles. The molecule has 0 aliphatic rings. The van der Waals surface area contributed by atoms with Gasteiger partial charge in [0.25, 0.3) is 0 Å². The van der Waals surface area contributed by atoms with E-state index in [4.69, 9.17) is 0 Å². The van der Waals surface area contributed by atoms with Crippen LogP contribution in [0.25, 0.3) is 0 Å². The molecule has 0 heterocycles. The maximum atomic E-state index is 11.6. The Labute approximate surface area is 168 Å². The summed E-state index contributed by atoms with van der Waals surface area (Å²) in [5.74, 6) is -3.67. The molecule has 0 aliphatic heterocycles. The number of carboxylic acids is 3. The summed E-state index contributed by atoms with van der Waals surface area (Å²) in [4.78, 5) is 34.9. The van der Waals surface area contributed by atoms with Crippen molar-refractivity contribution in [2.24, 2.45) is 0 Å². The Morgan fingerprint density at radius 2 is 1.07 bits per heavy atom. The SMILES string of the molecule is CCCCCCCCCC/C=C/[N+](C(C)C(=O)O)(C(C)C(=O)O)C(C)C(=O)O. The van der Waals surface area contributed by atoms with E-state index >= 15 is 0 Å². The fourth-order valence-electron chi connectivity index (χ4n) is 3.62. The summed E-state index contributed by atoms with van der Waals surface area (Å²) in [6.45, 7) is 6.28. The van der Waals surface area contributed by atoms with Crippen LogP contribution in [0.15, 0.2) is 12.3 Å². The smallest absolute Gasteiger partial charge is 0.362 e. The molecule has 162 valence electrons. The molecule has 0 bridgehead atoms. The molecule has 3 unspecified atom stereocenters. The highest BCUT2D eigenvalue weighted by molar-refractivity contribution is 5.77. The number of aliphatic carboxylic acids is 3. The lowest BCUT2D eigenvalue weighted by Gasteiger charge is -2.44. The van der Waals surface area contributed by atoms with Crippen LogP contribution in [0.5, 0.6) is 0 Å². The molecule has 0 radical (unpaired) electrons. The predicted molar refractivity (Wildman–Crippen MR) is 108 cm³/mol. The van der Waals surface area contributed by atoms with Crippen LogP contribution in [0.3, 0.4) is 0 Å². The van der Waals surface area contributed by atoms with Crippen molar-refractivity contribution in [1.82, 2.24) is 0 Å². The Kier molecular flexibility index (Phi) is 12.4. The Balaban J connectivity index is 5.11. The van der Waals surface area contributed by atoms with Gasteiger partial charge in [-0.25, -0.2) is 14.4 Å². The van der Waals surface area contributed by atoms with Gasteiger partial charge in [-0.2, -0.15) is 0 Å².